The van der Waals surface area contributed by atoms with Crippen LogP contribution in [-0.4, -0.2) is 28.5 Å². The number of likely N-dealkylation sites (tertiary alicyclic amines) is 1. The summed E-state index contributed by atoms with van der Waals surface area (Å²) in [5, 5.41) is 23.5. The summed E-state index contributed by atoms with van der Waals surface area (Å²) in [6, 6.07) is 17.3. The molecule has 1 fully saturated rings. The van der Waals surface area contributed by atoms with E-state index >= 15 is 0 Å². The molecule has 0 amide bonds. The summed E-state index contributed by atoms with van der Waals surface area (Å²) in [5.74, 6) is 0. The number of benzene rings is 2. The van der Waals surface area contributed by atoms with E-state index in [1.54, 1.807) is 12.1 Å². The summed E-state index contributed by atoms with van der Waals surface area (Å²) in [7, 11) is 0. The minimum absolute atomic E-state index is 0.0480. The standard InChI is InChI=1S/C19H20N4O2/c1-14-9-17(13-22(14)12-15-5-3-2-4-6-15)21-18-8-7-16(11-20)10-19(18)23(24)25/h2-8,10,14,17,21H,9,12-13H2,1H3. The zero-order valence-corrected chi connectivity index (χ0v) is 14.1. The van der Waals surface area contributed by atoms with E-state index < -0.39 is 4.92 Å². The molecule has 1 aliphatic rings. The first-order valence-corrected chi connectivity index (χ1v) is 8.30. The molecule has 1 heterocycles. The van der Waals surface area contributed by atoms with Crippen molar-refractivity contribution in [3.63, 3.8) is 0 Å². The molecule has 0 aliphatic carbocycles. The van der Waals surface area contributed by atoms with Crippen LogP contribution in [0.25, 0.3) is 0 Å². The van der Waals surface area contributed by atoms with Crippen LogP contribution in [0, 0.1) is 21.4 Å². The van der Waals surface area contributed by atoms with Gasteiger partial charge < -0.3 is 5.32 Å². The van der Waals surface area contributed by atoms with Crippen molar-refractivity contribution in [1.29, 1.82) is 5.26 Å². The van der Waals surface area contributed by atoms with Crippen LogP contribution in [0.3, 0.4) is 0 Å². The summed E-state index contributed by atoms with van der Waals surface area (Å²) >= 11 is 0. The fraction of sp³-hybridized carbons (Fsp3) is 0.316. The third-order valence-electron chi connectivity index (χ3n) is 4.62. The predicted molar refractivity (Wildman–Crippen MR) is 96.2 cm³/mol. The van der Waals surface area contributed by atoms with E-state index in [-0.39, 0.29) is 11.7 Å². The fourth-order valence-electron chi connectivity index (χ4n) is 3.34. The molecule has 1 saturated heterocycles. The molecule has 2 atom stereocenters. The molecule has 128 valence electrons. The minimum atomic E-state index is -0.441. The van der Waals surface area contributed by atoms with E-state index in [1.165, 1.54) is 11.6 Å². The summed E-state index contributed by atoms with van der Waals surface area (Å²) in [5.41, 5.74) is 1.98. The molecule has 2 aromatic carbocycles. The van der Waals surface area contributed by atoms with Crippen molar-refractivity contribution in [2.45, 2.75) is 32.0 Å². The molecule has 0 aromatic heterocycles. The maximum Gasteiger partial charge on any atom is 0.293 e. The van der Waals surface area contributed by atoms with Gasteiger partial charge in [-0.05, 0) is 31.0 Å². The number of hydrogen-bond acceptors (Lipinski definition) is 5. The molecule has 6 nitrogen and oxygen atoms in total. The Kier molecular flexibility index (Phi) is 4.96. The number of nitrogens with one attached hydrogen (secondary N) is 1. The van der Waals surface area contributed by atoms with Crippen molar-refractivity contribution >= 4 is 11.4 Å². The maximum atomic E-state index is 11.3. The summed E-state index contributed by atoms with van der Waals surface area (Å²) in [4.78, 5) is 13.2. The monoisotopic (exact) mass is 336 g/mol. The van der Waals surface area contributed by atoms with Crippen LogP contribution in [0.2, 0.25) is 0 Å². The zero-order valence-electron chi connectivity index (χ0n) is 14.1. The van der Waals surface area contributed by atoms with Gasteiger partial charge in [0.15, 0.2) is 0 Å². The van der Waals surface area contributed by atoms with Gasteiger partial charge in [-0.2, -0.15) is 5.26 Å². The number of nitro benzene ring substituents is 1. The Morgan fingerprint density at radius 1 is 1.32 bits per heavy atom. The van der Waals surface area contributed by atoms with Crippen LogP contribution in [0.1, 0.15) is 24.5 Å². The third-order valence-corrected chi connectivity index (χ3v) is 4.62. The Balaban J connectivity index is 1.70. The molecule has 2 unspecified atom stereocenters. The molecule has 6 heteroatoms. The maximum absolute atomic E-state index is 11.3. The minimum Gasteiger partial charge on any atom is -0.375 e. The highest BCUT2D eigenvalue weighted by Gasteiger charge is 2.30. The van der Waals surface area contributed by atoms with Crippen LogP contribution >= 0.6 is 0 Å². The highest BCUT2D eigenvalue weighted by atomic mass is 16.6. The Labute approximate surface area is 146 Å². The first kappa shape index (κ1) is 16.9. The number of rotatable bonds is 5. The summed E-state index contributed by atoms with van der Waals surface area (Å²) in [6.45, 7) is 3.88. The van der Waals surface area contributed by atoms with Crippen LogP contribution in [0.15, 0.2) is 48.5 Å². The fourth-order valence-corrected chi connectivity index (χ4v) is 3.34. The predicted octanol–water partition coefficient (Wildman–Crippen LogP) is 3.54. The van der Waals surface area contributed by atoms with Crippen LogP contribution in [0.4, 0.5) is 11.4 Å². The lowest BCUT2D eigenvalue weighted by Crippen LogP contribution is -2.28. The van der Waals surface area contributed by atoms with Crippen molar-refractivity contribution in [2.75, 3.05) is 11.9 Å². The van der Waals surface area contributed by atoms with Crippen LogP contribution in [0.5, 0.6) is 0 Å². The molecule has 0 bridgehead atoms. The topological polar surface area (TPSA) is 82.2 Å². The number of hydrogen-bond donors (Lipinski definition) is 1. The molecule has 25 heavy (non-hydrogen) atoms. The van der Waals surface area contributed by atoms with E-state index in [0.717, 1.165) is 19.5 Å². The first-order chi connectivity index (χ1) is 12.1. The Hall–Kier alpha value is -2.91. The molecule has 0 radical (unpaired) electrons. The first-order valence-electron chi connectivity index (χ1n) is 8.30. The van der Waals surface area contributed by atoms with Gasteiger partial charge in [0.2, 0.25) is 0 Å². The second kappa shape index (κ2) is 7.32. The second-order valence-corrected chi connectivity index (χ2v) is 6.44. The third kappa shape index (κ3) is 3.95. The van der Waals surface area contributed by atoms with Gasteiger partial charge in [-0.15, -0.1) is 0 Å². The summed E-state index contributed by atoms with van der Waals surface area (Å²) in [6.07, 6.45) is 0.921. The van der Waals surface area contributed by atoms with E-state index in [9.17, 15) is 10.1 Å². The van der Waals surface area contributed by atoms with E-state index in [2.05, 4.69) is 29.3 Å². The number of nitriles is 1. The molecular formula is C19H20N4O2. The summed E-state index contributed by atoms with van der Waals surface area (Å²) < 4.78 is 0. The molecule has 0 saturated carbocycles. The highest BCUT2D eigenvalue weighted by molar-refractivity contribution is 5.64. The van der Waals surface area contributed by atoms with Crippen molar-refractivity contribution in [3.05, 3.63) is 69.8 Å². The highest BCUT2D eigenvalue weighted by Crippen LogP contribution is 2.29. The zero-order chi connectivity index (χ0) is 17.8. The smallest absolute Gasteiger partial charge is 0.293 e. The van der Waals surface area contributed by atoms with Gasteiger partial charge in [0.05, 0.1) is 16.6 Å². The van der Waals surface area contributed by atoms with Crippen molar-refractivity contribution < 1.29 is 4.92 Å². The lowest BCUT2D eigenvalue weighted by atomic mass is 10.1. The van der Waals surface area contributed by atoms with Crippen molar-refractivity contribution in [3.8, 4) is 6.07 Å². The lowest BCUT2D eigenvalue weighted by molar-refractivity contribution is -0.384. The van der Waals surface area contributed by atoms with Gasteiger partial charge in [0.1, 0.15) is 5.69 Å². The van der Waals surface area contributed by atoms with Gasteiger partial charge in [0, 0.05) is 31.2 Å². The quantitative estimate of drug-likeness (QED) is 0.667. The number of anilines is 1. The van der Waals surface area contributed by atoms with E-state index in [0.29, 0.717) is 17.3 Å². The molecule has 3 rings (SSSR count). The Morgan fingerprint density at radius 3 is 2.76 bits per heavy atom. The number of nitrogens with zero attached hydrogens (tertiary/aromatic N) is 3. The average Bonchev–Trinajstić information content (AvgIpc) is 2.95. The van der Waals surface area contributed by atoms with Crippen molar-refractivity contribution in [1.82, 2.24) is 4.90 Å². The van der Waals surface area contributed by atoms with E-state index in [1.807, 2.05) is 24.3 Å². The molecular weight excluding hydrogens is 316 g/mol. The van der Waals surface area contributed by atoms with Crippen LogP contribution < -0.4 is 5.32 Å². The Bertz CT molecular complexity index is 801. The average molecular weight is 336 g/mol. The van der Waals surface area contributed by atoms with Gasteiger partial charge in [-0.25, -0.2) is 0 Å². The normalized spacial score (nSPS) is 20.2. The van der Waals surface area contributed by atoms with Crippen molar-refractivity contribution in [2.24, 2.45) is 0 Å². The largest absolute Gasteiger partial charge is 0.375 e. The lowest BCUT2D eigenvalue weighted by Gasteiger charge is -2.21. The van der Waals surface area contributed by atoms with Gasteiger partial charge in [-0.3, -0.25) is 15.0 Å². The second-order valence-electron chi connectivity index (χ2n) is 6.44. The van der Waals surface area contributed by atoms with Gasteiger partial charge in [-0.1, -0.05) is 30.3 Å². The van der Waals surface area contributed by atoms with Gasteiger partial charge in [0.25, 0.3) is 5.69 Å². The molecule has 2 aromatic rings. The van der Waals surface area contributed by atoms with E-state index in [4.69, 9.17) is 5.26 Å². The van der Waals surface area contributed by atoms with Crippen LogP contribution in [-0.2, 0) is 6.54 Å². The SMILES string of the molecule is CC1CC(Nc2ccc(C#N)cc2[N+](=O)[O-])CN1Cc1ccccc1. The molecule has 0 spiro atoms. The molecule has 1 aliphatic heterocycles. The molecule has 1 N–H and O–H groups in total. The number of nitro groups is 1. The van der Waals surface area contributed by atoms with Gasteiger partial charge >= 0.3 is 0 Å². The Morgan fingerprint density at radius 2 is 2.08 bits per heavy atom.